The van der Waals surface area contributed by atoms with E-state index in [9.17, 15) is 5.11 Å². The number of aromatic amines is 1. The van der Waals surface area contributed by atoms with Crippen LogP contribution in [0, 0.1) is 5.92 Å². The zero-order valence-electron chi connectivity index (χ0n) is 11.9. The van der Waals surface area contributed by atoms with Crippen LogP contribution in [0.4, 0.5) is 0 Å². The van der Waals surface area contributed by atoms with E-state index in [2.05, 4.69) is 32.8 Å². The molecule has 1 heterocycles. The number of nitrogens with zero attached hydrogens (tertiary/aromatic N) is 1. The maximum atomic E-state index is 10.4. The van der Waals surface area contributed by atoms with Gasteiger partial charge in [0.05, 0.1) is 27.7 Å². The average Bonchev–Trinajstić information content (AvgIpc) is 2.79. The molecule has 1 aromatic heterocycles. The normalized spacial score (nSPS) is 23.2. The molecule has 0 radical (unpaired) electrons. The number of aromatic hydroxyl groups is 1. The van der Waals surface area contributed by atoms with Crippen molar-refractivity contribution >= 4 is 44.6 Å². The number of benzene rings is 1. The van der Waals surface area contributed by atoms with Gasteiger partial charge in [0.15, 0.2) is 5.75 Å². The van der Waals surface area contributed by atoms with Crippen molar-refractivity contribution in [1.29, 1.82) is 0 Å². The van der Waals surface area contributed by atoms with E-state index in [1.165, 1.54) is 19.3 Å². The van der Waals surface area contributed by atoms with Crippen LogP contribution in [0.2, 0.25) is 5.02 Å². The first-order chi connectivity index (χ1) is 10.1. The summed E-state index contributed by atoms with van der Waals surface area (Å²) in [5.41, 5.74) is 1.45. The zero-order chi connectivity index (χ0) is 15.0. The number of hydrogen-bond acceptors (Lipinski definition) is 2. The number of hydrogen-bond donors (Lipinski definition) is 2. The van der Waals surface area contributed by atoms with Gasteiger partial charge in [0.2, 0.25) is 0 Å². The first-order valence-corrected chi connectivity index (χ1v) is 8.47. The van der Waals surface area contributed by atoms with Gasteiger partial charge in [-0.25, -0.2) is 0 Å². The van der Waals surface area contributed by atoms with Crippen LogP contribution in [0.5, 0.6) is 5.75 Å². The number of aliphatic imine (C=N–C) groups is 1. The Bertz CT molecular complexity index is 695. The van der Waals surface area contributed by atoms with Gasteiger partial charge in [-0.3, -0.25) is 4.99 Å². The van der Waals surface area contributed by atoms with E-state index in [1.54, 1.807) is 6.21 Å². The van der Waals surface area contributed by atoms with Crippen LogP contribution in [-0.4, -0.2) is 22.3 Å². The molecule has 0 spiro atoms. The monoisotopic (exact) mass is 368 g/mol. The highest BCUT2D eigenvalue weighted by molar-refractivity contribution is 9.10. The molecule has 0 amide bonds. The molecule has 0 saturated heterocycles. The van der Waals surface area contributed by atoms with Crippen LogP contribution in [0.1, 0.15) is 38.3 Å². The lowest BCUT2D eigenvalue weighted by molar-refractivity contribution is 0.333. The van der Waals surface area contributed by atoms with Crippen LogP contribution in [-0.2, 0) is 0 Å². The van der Waals surface area contributed by atoms with Crippen LogP contribution in [0.3, 0.4) is 0 Å². The van der Waals surface area contributed by atoms with Crippen molar-refractivity contribution in [2.75, 3.05) is 0 Å². The molecule has 1 fully saturated rings. The van der Waals surface area contributed by atoms with Gasteiger partial charge in [-0.15, -0.1) is 0 Å². The van der Waals surface area contributed by atoms with Gasteiger partial charge >= 0.3 is 0 Å². The second kappa shape index (κ2) is 6.01. The third-order valence-corrected chi connectivity index (χ3v) is 5.60. The summed E-state index contributed by atoms with van der Waals surface area (Å²) < 4.78 is 0.773. The van der Waals surface area contributed by atoms with E-state index < -0.39 is 0 Å². The maximum absolute atomic E-state index is 10.4. The summed E-state index contributed by atoms with van der Waals surface area (Å²) in [5, 5.41) is 11.5. The quantitative estimate of drug-likeness (QED) is 0.694. The van der Waals surface area contributed by atoms with Crippen molar-refractivity contribution in [2.24, 2.45) is 10.9 Å². The molecule has 1 aliphatic carbocycles. The van der Waals surface area contributed by atoms with Gasteiger partial charge in [0.25, 0.3) is 0 Å². The Morgan fingerprint density at radius 3 is 2.90 bits per heavy atom. The predicted molar refractivity (Wildman–Crippen MR) is 91.7 cm³/mol. The van der Waals surface area contributed by atoms with E-state index >= 15 is 0 Å². The Balaban J connectivity index is 1.94. The molecule has 0 bridgehead atoms. The van der Waals surface area contributed by atoms with Crippen molar-refractivity contribution in [3.05, 3.63) is 27.3 Å². The number of fused-ring (bicyclic) bond motifs is 1. The minimum Gasteiger partial charge on any atom is -0.505 e. The van der Waals surface area contributed by atoms with Crippen LogP contribution >= 0.6 is 27.5 Å². The van der Waals surface area contributed by atoms with E-state index in [0.717, 1.165) is 16.4 Å². The van der Waals surface area contributed by atoms with Gasteiger partial charge in [-0.2, -0.15) is 0 Å². The van der Waals surface area contributed by atoms with Gasteiger partial charge in [-0.1, -0.05) is 31.4 Å². The molecule has 2 aromatic rings. The predicted octanol–water partition coefficient (Wildman–Crippen LogP) is 5.29. The summed E-state index contributed by atoms with van der Waals surface area (Å²) in [6.45, 7) is 2.25. The standard InChI is InChI=1S/C16H18BrClN2O/c1-9-4-2-3-5-11(9)19-8-13-16(21)14-12(20-13)7-6-10(17)15(14)18/h6-9,11,20-21H,2-5H2,1H3/t9-,11-/m1/s1. The molecular weight excluding hydrogens is 352 g/mol. The molecule has 1 aromatic carbocycles. The Morgan fingerprint density at radius 1 is 1.38 bits per heavy atom. The fourth-order valence-electron chi connectivity index (χ4n) is 3.01. The van der Waals surface area contributed by atoms with E-state index in [-0.39, 0.29) is 5.75 Å². The maximum Gasteiger partial charge on any atom is 0.151 e. The van der Waals surface area contributed by atoms with Crippen molar-refractivity contribution in [2.45, 2.75) is 38.6 Å². The fourth-order valence-corrected chi connectivity index (χ4v) is 3.59. The van der Waals surface area contributed by atoms with Crippen LogP contribution in [0.15, 0.2) is 21.6 Å². The average molecular weight is 370 g/mol. The topological polar surface area (TPSA) is 48.4 Å². The summed E-state index contributed by atoms with van der Waals surface area (Å²) in [6.07, 6.45) is 6.66. The minimum absolute atomic E-state index is 0.170. The van der Waals surface area contributed by atoms with E-state index in [4.69, 9.17) is 11.6 Å². The Labute approximate surface area is 137 Å². The minimum atomic E-state index is 0.170. The molecule has 2 atom stereocenters. The number of H-pyrrole nitrogens is 1. The smallest absolute Gasteiger partial charge is 0.151 e. The Morgan fingerprint density at radius 2 is 2.14 bits per heavy atom. The largest absolute Gasteiger partial charge is 0.505 e. The van der Waals surface area contributed by atoms with Gasteiger partial charge in [0, 0.05) is 10.7 Å². The molecule has 0 unspecified atom stereocenters. The molecule has 5 heteroatoms. The Hall–Kier alpha value is -1.00. The van der Waals surface area contributed by atoms with E-state index in [1.807, 2.05) is 12.1 Å². The molecule has 1 aliphatic rings. The zero-order valence-corrected chi connectivity index (χ0v) is 14.2. The summed E-state index contributed by atoms with van der Waals surface area (Å²) in [6, 6.07) is 4.11. The second-order valence-corrected chi connectivity index (χ2v) is 7.01. The molecule has 112 valence electrons. The Kier molecular flexibility index (Phi) is 4.27. The van der Waals surface area contributed by atoms with Crippen LogP contribution < -0.4 is 0 Å². The molecule has 3 rings (SSSR count). The van der Waals surface area contributed by atoms with Gasteiger partial charge < -0.3 is 10.1 Å². The van der Waals surface area contributed by atoms with Crippen molar-refractivity contribution in [3.8, 4) is 5.75 Å². The summed E-state index contributed by atoms with van der Waals surface area (Å²) in [5.74, 6) is 0.780. The molecule has 3 nitrogen and oxygen atoms in total. The third-order valence-electron chi connectivity index (χ3n) is 4.32. The molecule has 0 aliphatic heterocycles. The van der Waals surface area contributed by atoms with Gasteiger partial charge in [0.1, 0.15) is 0 Å². The first-order valence-electron chi connectivity index (χ1n) is 7.29. The third kappa shape index (κ3) is 2.84. The first kappa shape index (κ1) is 14.9. The number of rotatable bonds is 2. The van der Waals surface area contributed by atoms with Gasteiger partial charge in [-0.05, 0) is 46.8 Å². The molecule has 1 saturated carbocycles. The van der Waals surface area contributed by atoms with Crippen molar-refractivity contribution < 1.29 is 5.11 Å². The highest BCUT2D eigenvalue weighted by Gasteiger charge is 2.20. The van der Waals surface area contributed by atoms with E-state index in [0.29, 0.717) is 28.1 Å². The summed E-state index contributed by atoms with van der Waals surface area (Å²) in [7, 11) is 0. The highest BCUT2D eigenvalue weighted by atomic mass is 79.9. The summed E-state index contributed by atoms with van der Waals surface area (Å²) >= 11 is 9.62. The lowest BCUT2D eigenvalue weighted by atomic mass is 9.86. The highest BCUT2D eigenvalue weighted by Crippen LogP contribution is 2.38. The number of aromatic nitrogens is 1. The number of halogens is 2. The summed E-state index contributed by atoms with van der Waals surface area (Å²) in [4.78, 5) is 7.85. The lowest BCUT2D eigenvalue weighted by Crippen LogP contribution is -2.20. The van der Waals surface area contributed by atoms with Crippen molar-refractivity contribution in [1.82, 2.24) is 4.98 Å². The molecular formula is C16H18BrClN2O. The fraction of sp³-hybridized carbons (Fsp3) is 0.438. The molecule has 2 N–H and O–H groups in total. The molecule has 21 heavy (non-hydrogen) atoms. The van der Waals surface area contributed by atoms with Crippen LogP contribution in [0.25, 0.3) is 10.9 Å². The van der Waals surface area contributed by atoms with Crippen molar-refractivity contribution in [3.63, 3.8) is 0 Å². The number of nitrogens with one attached hydrogen (secondary N) is 1. The lowest BCUT2D eigenvalue weighted by Gasteiger charge is -2.25. The second-order valence-electron chi connectivity index (χ2n) is 5.78. The SMILES string of the molecule is C[C@@H]1CCCC[C@H]1N=Cc1[nH]c2ccc(Br)c(Cl)c2c1O.